The van der Waals surface area contributed by atoms with Gasteiger partial charge in [0.05, 0.1) is 68.0 Å². The Kier molecular flexibility index (Phi) is 24.0. The summed E-state index contributed by atoms with van der Waals surface area (Å²) in [5.41, 5.74) is -5.44. The molecule has 13 atom stereocenters. The average Bonchev–Trinajstić information content (AvgIpc) is 0.867. The molecule has 0 spiro atoms. The van der Waals surface area contributed by atoms with E-state index in [2.05, 4.69) is 26.6 Å². The first-order chi connectivity index (χ1) is 40.2. The van der Waals surface area contributed by atoms with Gasteiger partial charge in [-0.1, -0.05) is 0 Å². The zero-order valence-electron chi connectivity index (χ0n) is 52.1. The summed E-state index contributed by atoms with van der Waals surface area (Å²) >= 11 is 0. The Morgan fingerprint density at radius 2 is 1.43 bits per heavy atom. The molecule has 0 aromatic heterocycles. The normalized spacial score (nSPS) is 27.3. The summed E-state index contributed by atoms with van der Waals surface area (Å²) in [6.07, 6.45) is -15.3. The van der Waals surface area contributed by atoms with Gasteiger partial charge in [-0.25, -0.2) is 24.0 Å². The first-order valence-electron chi connectivity index (χ1n) is 28.8. The van der Waals surface area contributed by atoms with Crippen molar-refractivity contribution < 1.29 is 102 Å². The van der Waals surface area contributed by atoms with Crippen molar-refractivity contribution in [2.45, 2.75) is 217 Å². The number of nitrogens with one attached hydrogen (secondary N) is 5. The van der Waals surface area contributed by atoms with Crippen LogP contribution in [0.2, 0.25) is 0 Å². The van der Waals surface area contributed by atoms with Crippen LogP contribution in [0.15, 0.2) is 36.1 Å². The molecule has 490 valence electrons. The number of non-ortho nitro benzene ring substituents is 1. The number of ether oxygens (including phenoxy) is 9. The summed E-state index contributed by atoms with van der Waals surface area (Å²) < 4.78 is 52.5. The number of nitro groups is 1. The number of hydrogen-bond donors (Lipinski definition) is 9. The Morgan fingerprint density at radius 1 is 0.805 bits per heavy atom. The zero-order chi connectivity index (χ0) is 65.1. The van der Waals surface area contributed by atoms with Crippen molar-refractivity contribution in [3.8, 4) is 0 Å². The number of rotatable bonds is 18. The minimum atomic E-state index is -1.96. The number of benzene rings is 1. The van der Waals surface area contributed by atoms with E-state index in [1.165, 1.54) is 43.1 Å². The van der Waals surface area contributed by atoms with Crippen LogP contribution in [0, 0.1) is 16.0 Å². The molecule has 30 heteroatoms. The third-order valence-corrected chi connectivity index (χ3v) is 13.8. The van der Waals surface area contributed by atoms with Gasteiger partial charge in [-0.2, -0.15) is 0 Å². The van der Waals surface area contributed by atoms with Gasteiger partial charge in [-0.15, -0.1) is 0 Å². The summed E-state index contributed by atoms with van der Waals surface area (Å²) in [6, 6.07) is -0.0254. The van der Waals surface area contributed by atoms with E-state index in [-0.39, 0.29) is 76.5 Å². The number of nitro benzene ring substituents is 1. The van der Waals surface area contributed by atoms with E-state index in [0.717, 1.165) is 4.90 Å². The van der Waals surface area contributed by atoms with Crippen LogP contribution in [0.1, 0.15) is 121 Å². The molecule has 0 bridgehead atoms. The van der Waals surface area contributed by atoms with Crippen LogP contribution in [0.4, 0.5) is 29.7 Å². The van der Waals surface area contributed by atoms with Crippen molar-refractivity contribution >= 4 is 48.0 Å². The van der Waals surface area contributed by atoms with Gasteiger partial charge in [0.15, 0.2) is 6.29 Å². The lowest BCUT2D eigenvalue weighted by Crippen LogP contribution is -2.71. The highest BCUT2D eigenvalue weighted by molar-refractivity contribution is 5.81. The average molecular weight is 1240 g/mol. The fourth-order valence-corrected chi connectivity index (χ4v) is 10.1. The summed E-state index contributed by atoms with van der Waals surface area (Å²) in [4.78, 5) is 108. The van der Waals surface area contributed by atoms with Crippen LogP contribution in [0.3, 0.4) is 0 Å². The third-order valence-electron chi connectivity index (χ3n) is 13.8. The fourth-order valence-electron chi connectivity index (χ4n) is 10.1. The Hall–Kier alpha value is -6.83. The van der Waals surface area contributed by atoms with Gasteiger partial charge in [0.1, 0.15) is 64.8 Å². The lowest BCUT2D eigenvalue weighted by molar-refractivity contribution is -0.384. The van der Waals surface area contributed by atoms with Crippen LogP contribution in [0.25, 0.3) is 0 Å². The second kappa shape index (κ2) is 29.4. The first-order valence-corrected chi connectivity index (χ1v) is 28.8. The lowest BCUT2D eigenvalue weighted by atomic mass is 9.72. The van der Waals surface area contributed by atoms with Crippen LogP contribution < -0.4 is 26.6 Å². The number of alkyl carbamates (subject to hydrolysis) is 3. The molecular formula is C57H90N8O22. The Bertz CT molecular complexity index is 2600. The van der Waals surface area contributed by atoms with Crippen LogP contribution in [-0.2, 0) is 58.8 Å². The Morgan fingerprint density at radius 3 is 2.03 bits per heavy atom. The fraction of sp³-hybridized carbons (Fsp3) is 0.737. The predicted molar refractivity (Wildman–Crippen MR) is 306 cm³/mol. The molecular weight excluding hydrogens is 1150 g/mol. The van der Waals surface area contributed by atoms with Crippen LogP contribution in [-0.4, -0.2) is 219 Å². The molecule has 30 nitrogen and oxygen atoms in total. The minimum Gasteiger partial charge on any atom is -0.491 e. The van der Waals surface area contributed by atoms with Crippen molar-refractivity contribution in [3.05, 3.63) is 51.8 Å². The second-order valence-corrected chi connectivity index (χ2v) is 26.2. The van der Waals surface area contributed by atoms with E-state index in [4.69, 9.17) is 42.6 Å². The van der Waals surface area contributed by atoms with Crippen LogP contribution >= 0.6 is 0 Å². The van der Waals surface area contributed by atoms with Gasteiger partial charge < -0.3 is 99.4 Å². The largest absolute Gasteiger partial charge is 0.491 e. The lowest BCUT2D eigenvalue weighted by Gasteiger charge is -2.52. The molecule has 1 aromatic carbocycles. The molecule has 2 unspecified atom stereocenters. The molecule has 4 aliphatic rings. The molecule has 7 amide bonds. The molecule has 3 fully saturated rings. The number of hydrogen-bond acceptors (Lipinski definition) is 22. The number of carbonyl (C=O) groups excluding carboxylic acids is 7. The minimum absolute atomic E-state index is 0.00775. The monoisotopic (exact) mass is 1240 g/mol. The molecule has 1 aromatic rings. The molecule has 9 N–H and O–H groups in total. The standard InChI is InChI=1S/C57H90N8O22/c1-53(2,3)84-49(72)58-22-21-38(66)46(70)61-37-26-36(62-50(73)85-54(4,5)6)40(41(68)44(37)83-47-42(69)45(57(13,76)30-81-47)63(14)51(74)86-55(7,8)9)43-35(60-39(67)25-34-28-64(23-24-79-34)52(75)87-56(10,11)12)20-19-33(82-43)27-59-48(71)80-29-31-15-17-32(18-16-31)65(77)78/h15-19,34-38,40-45,47,66,68-69,76H,20-30H2,1-14H3,(H,58,72)(H,59,71)(H,60,67)(H,61,70)(H,62,73)/t34?,35-,36+,37-,38+,40?,41+,42-,43+,44+,45-,47-,57+/m1/s1. The number of amides is 7. The molecule has 1 aliphatic carbocycles. The van der Waals surface area contributed by atoms with E-state index >= 15 is 0 Å². The molecule has 87 heavy (non-hydrogen) atoms. The summed E-state index contributed by atoms with van der Waals surface area (Å²) in [5.74, 6) is -3.00. The first kappa shape index (κ1) is 70.9. The Balaban J connectivity index is 1.55. The van der Waals surface area contributed by atoms with Gasteiger partial charge in [0.25, 0.3) is 5.69 Å². The SMILES string of the molecule is CN(C(=O)OC(C)(C)C)[C@@H]1[C@@H](O)[C@@H](O[C@H]2[C@H](NC(=O)[C@@H](O)CCNC(=O)OC(C)(C)C)C[C@H](NC(=O)OC(C)(C)C)C([C@H]3OC(CNC(=O)OCc4ccc([N+](=O)[O-])cc4)=CC[C@H]3NC(=O)CC3CN(C(=O)OC(C)(C)C)CCO3)[C@@H]2O)OC[C@]1(C)O. The maximum atomic E-state index is 14.3. The topological polar surface area (TPSA) is 393 Å². The van der Waals surface area contributed by atoms with E-state index in [9.17, 15) is 64.1 Å². The highest BCUT2D eigenvalue weighted by Crippen LogP contribution is 2.39. The summed E-state index contributed by atoms with van der Waals surface area (Å²) in [5, 5.41) is 72.9. The third kappa shape index (κ3) is 22.1. The number of likely N-dealkylation sites (N-methyl/N-ethyl adjacent to an activating group) is 1. The number of morpholine rings is 1. The maximum absolute atomic E-state index is 14.3. The second-order valence-electron chi connectivity index (χ2n) is 26.2. The van der Waals surface area contributed by atoms with E-state index < -0.39 is 155 Å². The van der Waals surface area contributed by atoms with Gasteiger partial charge >= 0.3 is 30.5 Å². The molecule has 3 heterocycles. The van der Waals surface area contributed by atoms with Gasteiger partial charge in [0, 0.05) is 44.2 Å². The van der Waals surface area contributed by atoms with Crippen molar-refractivity contribution in [1.29, 1.82) is 0 Å². The van der Waals surface area contributed by atoms with Gasteiger partial charge in [0.2, 0.25) is 11.8 Å². The Labute approximate surface area is 506 Å². The van der Waals surface area contributed by atoms with E-state index in [1.807, 2.05) is 0 Å². The summed E-state index contributed by atoms with van der Waals surface area (Å²) in [7, 11) is 1.28. The number of aliphatic hydroxyl groups is 4. The van der Waals surface area contributed by atoms with Crippen LogP contribution in [0.5, 0.6) is 0 Å². The molecule has 1 saturated carbocycles. The quantitative estimate of drug-likeness (QED) is 0.0579. The molecule has 0 radical (unpaired) electrons. The predicted octanol–water partition coefficient (Wildman–Crippen LogP) is 3.13. The highest BCUT2D eigenvalue weighted by atomic mass is 16.7. The molecule has 3 aliphatic heterocycles. The van der Waals surface area contributed by atoms with Crippen molar-refractivity contribution in [2.24, 2.45) is 5.92 Å². The smallest absolute Gasteiger partial charge is 0.410 e. The number of nitrogens with zero attached hydrogens (tertiary/aromatic N) is 3. The number of carbonyl (C=O) groups is 7. The van der Waals surface area contributed by atoms with E-state index in [0.29, 0.717) is 5.56 Å². The summed E-state index contributed by atoms with van der Waals surface area (Å²) in [6.45, 7) is 19.9. The number of aliphatic hydroxyl groups excluding tert-OH is 3. The van der Waals surface area contributed by atoms with Crippen molar-refractivity contribution in [2.75, 3.05) is 46.4 Å². The van der Waals surface area contributed by atoms with Crippen molar-refractivity contribution in [3.63, 3.8) is 0 Å². The zero-order valence-corrected chi connectivity index (χ0v) is 52.1. The maximum Gasteiger partial charge on any atom is 0.410 e. The van der Waals surface area contributed by atoms with Gasteiger partial charge in [-0.05, 0) is 133 Å². The van der Waals surface area contributed by atoms with Crippen molar-refractivity contribution in [1.82, 2.24) is 36.4 Å². The molecule has 2 saturated heterocycles. The van der Waals surface area contributed by atoms with E-state index in [1.54, 1.807) is 89.2 Å². The van der Waals surface area contributed by atoms with Gasteiger partial charge in [-0.3, -0.25) is 19.7 Å². The highest BCUT2D eigenvalue weighted by Gasteiger charge is 2.57. The molecule has 5 rings (SSSR count).